The minimum absolute atomic E-state index is 0.377. The highest BCUT2D eigenvalue weighted by atomic mass is 15.3. The second kappa shape index (κ2) is 4.58. The summed E-state index contributed by atoms with van der Waals surface area (Å²) >= 11 is 0. The van der Waals surface area contributed by atoms with E-state index in [-0.39, 0.29) is 0 Å². The van der Waals surface area contributed by atoms with Crippen LogP contribution in [0.25, 0.3) is 0 Å². The van der Waals surface area contributed by atoms with Gasteiger partial charge in [-0.25, -0.2) is 0 Å². The normalized spacial score (nSPS) is 12.9. The van der Waals surface area contributed by atoms with Crippen LogP contribution in [0.2, 0.25) is 0 Å². The Morgan fingerprint density at radius 1 is 0.875 bits per heavy atom. The van der Waals surface area contributed by atoms with Crippen molar-refractivity contribution >= 4 is 0 Å². The maximum Gasteiger partial charge on any atom is 0.104 e. The number of benzene rings is 1. The van der Waals surface area contributed by atoms with Crippen molar-refractivity contribution in [3.63, 3.8) is 0 Å². The zero-order chi connectivity index (χ0) is 12.4. The fraction of sp³-hybridized carbons (Fsp3) is 0.600. The summed E-state index contributed by atoms with van der Waals surface area (Å²) in [4.78, 5) is 0. The molecule has 1 nitrogen and oxygen atoms in total. The molecular formula is C15H26N+. The zero-order valence-electron chi connectivity index (χ0n) is 11.7. The van der Waals surface area contributed by atoms with Gasteiger partial charge in [0.15, 0.2) is 0 Å². The van der Waals surface area contributed by atoms with Crippen LogP contribution in [0.15, 0.2) is 24.3 Å². The van der Waals surface area contributed by atoms with E-state index in [2.05, 4.69) is 66.2 Å². The van der Waals surface area contributed by atoms with Gasteiger partial charge in [-0.1, -0.05) is 45.0 Å². The summed E-state index contributed by atoms with van der Waals surface area (Å²) in [6, 6.07) is 9.08. The molecule has 90 valence electrons. The van der Waals surface area contributed by atoms with E-state index in [1.165, 1.54) is 11.1 Å². The summed E-state index contributed by atoms with van der Waals surface area (Å²) in [5, 5.41) is 0. The Morgan fingerprint density at radius 3 is 1.69 bits per heavy atom. The van der Waals surface area contributed by atoms with Gasteiger partial charge < -0.3 is 4.48 Å². The first kappa shape index (κ1) is 13.2. The van der Waals surface area contributed by atoms with Gasteiger partial charge in [-0.05, 0) is 17.4 Å². The molecule has 0 aromatic heterocycles. The van der Waals surface area contributed by atoms with Crippen molar-refractivity contribution in [1.29, 1.82) is 0 Å². The summed E-state index contributed by atoms with van der Waals surface area (Å²) in [5.74, 6) is 0. The van der Waals surface area contributed by atoms with E-state index in [4.69, 9.17) is 0 Å². The molecule has 0 heterocycles. The molecule has 0 fully saturated rings. The van der Waals surface area contributed by atoms with E-state index in [0.717, 1.165) is 17.4 Å². The molecular weight excluding hydrogens is 194 g/mol. The average Bonchev–Trinajstić information content (AvgIpc) is 2.03. The van der Waals surface area contributed by atoms with Gasteiger partial charge in [-0.15, -0.1) is 0 Å². The smallest absolute Gasteiger partial charge is 0.104 e. The lowest BCUT2D eigenvalue weighted by Gasteiger charge is -2.24. The first-order chi connectivity index (χ1) is 7.16. The first-order valence-corrected chi connectivity index (χ1v) is 6.04. The predicted molar refractivity (Wildman–Crippen MR) is 71.3 cm³/mol. The van der Waals surface area contributed by atoms with Crippen molar-refractivity contribution in [3.8, 4) is 0 Å². The Morgan fingerprint density at radius 2 is 1.31 bits per heavy atom. The molecule has 0 saturated heterocycles. The van der Waals surface area contributed by atoms with Crippen LogP contribution in [-0.2, 0) is 13.0 Å². The SMILES string of the molecule is CC(C)(C)Cc1ccc(C[N+](C)(C)C)cc1. The largest absolute Gasteiger partial charge is 0.327 e. The van der Waals surface area contributed by atoms with E-state index in [1.54, 1.807) is 0 Å². The highest BCUT2D eigenvalue weighted by Gasteiger charge is 2.12. The van der Waals surface area contributed by atoms with Crippen LogP contribution in [-0.4, -0.2) is 25.6 Å². The zero-order valence-corrected chi connectivity index (χ0v) is 11.7. The third kappa shape index (κ3) is 5.32. The van der Waals surface area contributed by atoms with Crippen LogP contribution in [0.3, 0.4) is 0 Å². The maximum absolute atomic E-state index is 2.28. The standard InChI is InChI=1S/C15H26N/c1-15(2,3)11-13-7-9-14(10-8-13)12-16(4,5)6/h7-10H,11-12H2,1-6H3/q+1. The molecule has 0 aliphatic heterocycles. The molecule has 0 atom stereocenters. The molecule has 0 spiro atoms. The van der Waals surface area contributed by atoms with E-state index >= 15 is 0 Å². The summed E-state index contributed by atoms with van der Waals surface area (Å²) in [6.45, 7) is 7.95. The van der Waals surface area contributed by atoms with Crippen LogP contribution < -0.4 is 0 Å². The molecule has 0 saturated carbocycles. The van der Waals surface area contributed by atoms with Crippen molar-refractivity contribution in [2.45, 2.75) is 33.7 Å². The van der Waals surface area contributed by atoms with Gasteiger partial charge in [0.2, 0.25) is 0 Å². The molecule has 0 unspecified atom stereocenters. The molecule has 1 heteroatoms. The fourth-order valence-electron chi connectivity index (χ4n) is 1.92. The summed E-state index contributed by atoms with van der Waals surface area (Å²) in [5.41, 5.74) is 3.24. The predicted octanol–water partition coefficient (Wildman–Crippen LogP) is 3.48. The van der Waals surface area contributed by atoms with Crippen LogP contribution in [0.4, 0.5) is 0 Å². The molecule has 0 bridgehead atoms. The van der Waals surface area contributed by atoms with Gasteiger partial charge in [0.25, 0.3) is 0 Å². The Balaban J connectivity index is 2.69. The van der Waals surface area contributed by atoms with Crippen molar-refractivity contribution in [1.82, 2.24) is 0 Å². The summed E-state index contributed by atoms with van der Waals surface area (Å²) < 4.78 is 0.985. The molecule has 1 aromatic rings. The van der Waals surface area contributed by atoms with E-state index in [1.807, 2.05) is 0 Å². The molecule has 0 radical (unpaired) electrons. The third-order valence-electron chi connectivity index (χ3n) is 2.41. The van der Waals surface area contributed by atoms with Crippen LogP contribution in [0.5, 0.6) is 0 Å². The minimum atomic E-state index is 0.377. The van der Waals surface area contributed by atoms with Crippen molar-refractivity contribution < 1.29 is 4.48 Å². The summed E-state index contributed by atoms with van der Waals surface area (Å²) in [7, 11) is 6.68. The Hall–Kier alpha value is -0.820. The Labute approximate surface area is 101 Å². The summed E-state index contributed by atoms with van der Waals surface area (Å²) in [6.07, 6.45) is 1.15. The number of nitrogens with zero attached hydrogens (tertiary/aromatic N) is 1. The second-order valence-electron chi connectivity index (χ2n) is 7.00. The van der Waals surface area contributed by atoms with Gasteiger partial charge in [-0.3, -0.25) is 0 Å². The third-order valence-corrected chi connectivity index (χ3v) is 2.41. The van der Waals surface area contributed by atoms with Gasteiger partial charge in [-0.2, -0.15) is 0 Å². The highest BCUT2D eigenvalue weighted by Crippen LogP contribution is 2.21. The van der Waals surface area contributed by atoms with Crippen molar-refractivity contribution in [2.24, 2.45) is 5.41 Å². The second-order valence-corrected chi connectivity index (χ2v) is 7.00. The quantitative estimate of drug-likeness (QED) is 0.684. The molecule has 1 rings (SSSR count). The Bertz CT molecular complexity index is 287. The van der Waals surface area contributed by atoms with Crippen LogP contribution in [0.1, 0.15) is 31.9 Å². The first-order valence-electron chi connectivity index (χ1n) is 6.04. The maximum atomic E-state index is 2.28. The highest BCUT2D eigenvalue weighted by molar-refractivity contribution is 5.22. The topological polar surface area (TPSA) is 0 Å². The van der Waals surface area contributed by atoms with Gasteiger partial charge in [0, 0.05) is 5.56 Å². The fourth-order valence-corrected chi connectivity index (χ4v) is 1.92. The molecule has 0 N–H and O–H groups in total. The number of quaternary nitrogens is 1. The van der Waals surface area contributed by atoms with E-state index < -0.39 is 0 Å². The molecule has 1 aromatic carbocycles. The Kier molecular flexibility index (Phi) is 3.80. The van der Waals surface area contributed by atoms with E-state index in [0.29, 0.717) is 5.41 Å². The van der Waals surface area contributed by atoms with Gasteiger partial charge >= 0.3 is 0 Å². The van der Waals surface area contributed by atoms with Crippen LogP contribution >= 0.6 is 0 Å². The van der Waals surface area contributed by atoms with E-state index in [9.17, 15) is 0 Å². The lowest BCUT2D eigenvalue weighted by molar-refractivity contribution is -0.884. The average molecular weight is 220 g/mol. The monoisotopic (exact) mass is 220 g/mol. The lowest BCUT2D eigenvalue weighted by Crippen LogP contribution is -2.33. The molecule has 0 aliphatic carbocycles. The van der Waals surface area contributed by atoms with Crippen molar-refractivity contribution in [3.05, 3.63) is 35.4 Å². The minimum Gasteiger partial charge on any atom is -0.327 e. The molecule has 16 heavy (non-hydrogen) atoms. The number of rotatable bonds is 3. The van der Waals surface area contributed by atoms with Crippen molar-refractivity contribution in [2.75, 3.05) is 21.1 Å². The number of hydrogen-bond acceptors (Lipinski definition) is 0. The lowest BCUT2D eigenvalue weighted by atomic mass is 9.88. The van der Waals surface area contributed by atoms with Crippen LogP contribution in [0, 0.1) is 5.41 Å². The molecule has 0 amide bonds. The van der Waals surface area contributed by atoms with Gasteiger partial charge in [0.05, 0.1) is 21.1 Å². The molecule has 0 aliphatic rings. The van der Waals surface area contributed by atoms with Gasteiger partial charge in [0.1, 0.15) is 6.54 Å². The number of hydrogen-bond donors (Lipinski definition) is 0.